The predicted molar refractivity (Wildman–Crippen MR) is 90.8 cm³/mol. The molecule has 0 radical (unpaired) electrons. The van der Waals surface area contributed by atoms with Gasteiger partial charge in [0.05, 0.1) is 6.26 Å². The minimum atomic E-state index is -0.0997. The van der Waals surface area contributed by atoms with Gasteiger partial charge in [0, 0.05) is 32.7 Å². The van der Waals surface area contributed by atoms with Crippen molar-refractivity contribution in [3.05, 3.63) is 24.2 Å². The van der Waals surface area contributed by atoms with Crippen molar-refractivity contribution in [1.82, 2.24) is 15.1 Å². The van der Waals surface area contributed by atoms with Gasteiger partial charge in [0.15, 0.2) is 5.76 Å². The summed E-state index contributed by atoms with van der Waals surface area (Å²) in [4.78, 5) is 28.0. The molecule has 2 aliphatic rings. The van der Waals surface area contributed by atoms with Gasteiger partial charge in [-0.15, -0.1) is 0 Å². The molecule has 1 aliphatic carbocycles. The molecule has 3 amide bonds. The van der Waals surface area contributed by atoms with Gasteiger partial charge in [-0.25, -0.2) is 4.79 Å². The van der Waals surface area contributed by atoms with Crippen LogP contribution < -0.4 is 5.32 Å². The van der Waals surface area contributed by atoms with Crippen LogP contribution in [-0.4, -0.2) is 54.5 Å². The minimum absolute atomic E-state index is 0.00379. The summed E-state index contributed by atoms with van der Waals surface area (Å²) in [5.41, 5.74) is 0. The molecule has 0 bridgehead atoms. The Bertz CT molecular complexity index is 530. The highest BCUT2D eigenvalue weighted by Crippen LogP contribution is 2.25. The maximum Gasteiger partial charge on any atom is 0.317 e. The standard InChI is InChI=1S/C18H27N3O3/c22-17(16-7-4-14-24-16)20-10-12-21(13-11-20)18(23)19-9-8-15-5-2-1-3-6-15/h4,7,14-15H,1-3,5-6,8-13H2,(H,19,23). The summed E-state index contributed by atoms with van der Waals surface area (Å²) in [6.07, 6.45) is 9.25. The van der Waals surface area contributed by atoms with Crippen LogP contribution in [0, 0.1) is 5.92 Å². The number of amides is 3. The Morgan fingerprint density at radius 2 is 1.79 bits per heavy atom. The van der Waals surface area contributed by atoms with Crippen molar-refractivity contribution in [2.45, 2.75) is 38.5 Å². The highest BCUT2D eigenvalue weighted by molar-refractivity contribution is 5.91. The van der Waals surface area contributed by atoms with Crippen molar-refractivity contribution >= 4 is 11.9 Å². The van der Waals surface area contributed by atoms with Crippen LogP contribution in [0.2, 0.25) is 0 Å². The summed E-state index contributed by atoms with van der Waals surface area (Å²) in [6.45, 7) is 3.00. The second-order valence-electron chi connectivity index (χ2n) is 6.78. The van der Waals surface area contributed by atoms with Gasteiger partial charge in [0.2, 0.25) is 0 Å². The third kappa shape index (κ3) is 4.30. The molecule has 2 heterocycles. The van der Waals surface area contributed by atoms with E-state index in [0.717, 1.165) is 18.9 Å². The number of piperazine rings is 1. The molecule has 0 aromatic carbocycles. The van der Waals surface area contributed by atoms with Crippen LogP contribution in [0.25, 0.3) is 0 Å². The number of hydrogen-bond donors (Lipinski definition) is 1. The number of carbonyl (C=O) groups excluding carboxylic acids is 2. The average molecular weight is 333 g/mol. The Hall–Kier alpha value is -1.98. The van der Waals surface area contributed by atoms with Crippen molar-refractivity contribution in [3.8, 4) is 0 Å². The normalized spacial score (nSPS) is 19.3. The Morgan fingerprint density at radius 1 is 1.08 bits per heavy atom. The summed E-state index contributed by atoms with van der Waals surface area (Å²) in [5, 5.41) is 3.04. The highest BCUT2D eigenvalue weighted by Gasteiger charge is 2.26. The van der Waals surface area contributed by atoms with Crippen LogP contribution in [-0.2, 0) is 0 Å². The number of nitrogens with zero attached hydrogens (tertiary/aromatic N) is 2. The van der Waals surface area contributed by atoms with Crippen molar-refractivity contribution in [2.24, 2.45) is 5.92 Å². The van der Waals surface area contributed by atoms with Gasteiger partial charge in [0.1, 0.15) is 0 Å². The zero-order chi connectivity index (χ0) is 16.8. The molecule has 1 N–H and O–H groups in total. The van der Waals surface area contributed by atoms with E-state index < -0.39 is 0 Å². The van der Waals surface area contributed by atoms with Gasteiger partial charge in [-0.1, -0.05) is 32.1 Å². The largest absolute Gasteiger partial charge is 0.459 e. The molecule has 1 saturated heterocycles. The predicted octanol–water partition coefficient (Wildman–Crippen LogP) is 2.72. The summed E-state index contributed by atoms with van der Waals surface area (Å²) in [7, 11) is 0. The summed E-state index contributed by atoms with van der Waals surface area (Å²) >= 11 is 0. The highest BCUT2D eigenvalue weighted by atomic mass is 16.3. The van der Waals surface area contributed by atoms with Gasteiger partial charge < -0.3 is 19.5 Å². The van der Waals surface area contributed by atoms with Crippen molar-refractivity contribution in [3.63, 3.8) is 0 Å². The Morgan fingerprint density at radius 3 is 2.46 bits per heavy atom. The Balaban J connectivity index is 1.36. The molecule has 3 rings (SSSR count). The SMILES string of the molecule is O=C(NCCC1CCCCC1)N1CCN(C(=O)c2ccco2)CC1. The molecule has 2 fully saturated rings. The molecule has 0 atom stereocenters. The zero-order valence-corrected chi connectivity index (χ0v) is 14.2. The van der Waals surface area contributed by atoms with E-state index in [4.69, 9.17) is 4.42 Å². The van der Waals surface area contributed by atoms with E-state index in [1.165, 1.54) is 38.4 Å². The third-order valence-electron chi connectivity index (χ3n) is 5.14. The first kappa shape index (κ1) is 16.9. The molecule has 1 aliphatic heterocycles. The Kier molecular flexibility index (Phi) is 5.77. The van der Waals surface area contributed by atoms with Gasteiger partial charge in [-0.05, 0) is 24.5 Å². The molecule has 1 saturated carbocycles. The maximum absolute atomic E-state index is 12.2. The second-order valence-corrected chi connectivity index (χ2v) is 6.78. The topological polar surface area (TPSA) is 65.8 Å². The number of urea groups is 1. The minimum Gasteiger partial charge on any atom is -0.459 e. The van der Waals surface area contributed by atoms with Gasteiger partial charge in [-0.2, -0.15) is 0 Å². The summed E-state index contributed by atoms with van der Waals surface area (Å²) < 4.78 is 5.15. The number of rotatable bonds is 4. The third-order valence-corrected chi connectivity index (χ3v) is 5.14. The van der Waals surface area contributed by atoms with E-state index in [1.807, 2.05) is 0 Å². The van der Waals surface area contributed by atoms with E-state index in [1.54, 1.807) is 21.9 Å². The lowest BCUT2D eigenvalue weighted by Gasteiger charge is -2.34. The zero-order valence-electron chi connectivity index (χ0n) is 14.2. The summed E-state index contributed by atoms with van der Waals surface area (Å²) in [5.74, 6) is 1.04. The first-order chi connectivity index (χ1) is 11.7. The monoisotopic (exact) mass is 333 g/mol. The van der Waals surface area contributed by atoms with E-state index in [2.05, 4.69) is 5.32 Å². The fourth-order valence-corrected chi connectivity index (χ4v) is 3.64. The molecule has 6 heteroatoms. The average Bonchev–Trinajstić information content (AvgIpc) is 3.17. The van der Waals surface area contributed by atoms with Gasteiger partial charge in [-0.3, -0.25) is 4.79 Å². The molecule has 132 valence electrons. The molecule has 1 aromatic heterocycles. The number of carbonyl (C=O) groups is 2. The smallest absolute Gasteiger partial charge is 0.317 e. The quantitative estimate of drug-likeness (QED) is 0.921. The summed E-state index contributed by atoms with van der Waals surface area (Å²) in [6, 6.07) is 3.38. The molecular formula is C18H27N3O3. The maximum atomic E-state index is 12.2. The molecule has 0 spiro atoms. The van der Waals surface area contributed by atoms with Gasteiger partial charge >= 0.3 is 6.03 Å². The van der Waals surface area contributed by atoms with Crippen molar-refractivity contribution in [2.75, 3.05) is 32.7 Å². The van der Waals surface area contributed by atoms with Crippen LogP contribution in [0.5, 0.6) is 0 Å². The fourth-order valence-electron chi connectivity index (χ4n) is 3.64. The number of nitrogens with one attached hydrogen (secondary N) is 1. The first-order valence-corrected chi connectivity index (χ1v) is 9.09. The molecule has 0 unspecified atom stereocenters. The van der Waals surface area contributed by atoms with Crippen molar-refractivity contribution in [1.29, 1.82) is 0 Å². The van der Waals surface area contributed by atoms with E-state index in [0.29, 0.717) is 31.9 Å². The molecule has 6 nitrogen and oxygen atoms in total. The van der Waals surface area contributed by atoms with Crippen LogP contribution in [0.15, 0.2) is 22.8 Å². The van der Waals surface area contributed by atoms with Crippen LogP contribution in [0.3, 0.4) is 0 Å². The number of furan rings is 1. The van der Waals surface area contributed by atoms with Crippen molar-refractivity contribution < 1.29 is 14.0 Å². The molecule has 24 heavy (non-hydrogen) atoms. The van der Waals surface area contributed by atoms with E-state index >= 15 is 0 Å². The number of hydrogen-bond acceptors (Lipinski definition) is 3. The lowest BCUT2D eigenvalue weighted by atomic mass is 9.87. The van der Waals surface area contributed by atoms with Crippen LogP contribution in [0.4, 0.5) is 4.79 Å². The second kappa shape index (κ2) is 8.22. The van der Waals surface area contributed by atoms with Crippen LogP contribution in [0.1, 0.15) is 49.1 Å². The van der Waals surface area contributed by atoms with E-state index in [-0.39, 0.29) is 11.9 Å². The molecule has 1 aromatic rings. The lowest BCUT2D eigenvalue weighted by Crippen LogP contribution is -2.53. The molecular weight excluding hydrogens is 306 g/mol. The fraction of sp³-hybridized carbons (Fsp3) is 0.667. The van der Waals surface area contributed by atoms with Gasteiger partial charge in [0.25, 0.3) is 5.91 Å². The lowest BCUT2D eigenvalue weighted by molar-refractivity contribution is 0.0634. The first-order valence-electron chi connectivity index (χ1n) is 9.09. The Labute approximate surface area is 143 Å². The van der Waals surface area contributed by atoms with Crippen LogP contribution >= 0.6 is 0 Å². The van der Waals surface area contributed by atoms with E-state index in [9.17, 15) is 9.59 Å².